The van der Waals surface area contributed by atoms with Crippen molar-refractivity contribution in [2.45, 2.75) is 0 Å². The number of carbonyl (C=O) groups excluding carboxylic acids is 1. The lowest BCUT2D eigenvalue weighted by molar-refractivity contribution is -0.115. The molecule has 25 heavy (non-hydrogen) atoms. The van der Waals surface area contributed by atoms with Crippen LogP contribution in [-0.2, 0) is 4.79 Å². The molecule has 0 atom stereocenters. The third-order valence-electron chi connectivity index (χ3n) is 3.31. The molecule has 1 fully saturated rings. The zero-order valence-corrected chi connectivity index (χ0v) is 16.2. The van der Waals surface area contributed by atoms with Crippen LogP contribution in [0.3, 0.4) is 0 Å². The van der Waals surface area contributed by atoms with Gasteiger partial charge in [0.1, 0.15) is 5.75 Å². The summed E-state index contributed by atoms with van der Waals surface area (Å²) in [5, 5.41) is 11.3. The molecule has 0 bridgehead atoms. The number of amidine groups is 1. The van der Waals surface area contributed by atoms with E-state index in [1.165, 1.54) is 11.8 Å². The van der Waals surface area contributed by atoms with Crippen molar-refractivity contribution in [1.29, 1.82) is 0 Å². The first-order valence-electron chi connectivity index (χ1n) is 7.36. The Morgan fingerprint density at radius 3 is 2.64 bits per heavy atom. The standard InChI is InChI=1S/C18H14IN3O2S/c1-24-14-8-6-12(7-9-14)11-20-22-18-21-17(23)16(25-18)10-13-4-2-3-5-15(13)19/h2-11H,1H3,(H,21,22,23)/b16-10-,20-11-. The third kappa shape index (κ3) is 4.70. The fourth-order valence-corrected chi connectivity index (χ4v) is 3.36. The molecule has 5 nitrogen and oxygen atoms in total. The van der Waals surface area contributed by atoms with Gasteiger partial charge in [-0.2, -0.15) is 5.10 Å². The summed E-state index contributed by atoms with van der Waals surface area (Å²) in [5.41, 5.74) is 1.90. The summed E-state index contributed by atoms with van der Waals surface area (Å²) in [7, 11) is 1.62. The van der Waals surface area contributed by atoms with Crippen molar-refractivity contribution < 1.29 is 9.53 Å². The molecule has 7 heteroatoms. The monoisotopic (exact) mass is 463 g/mol. The van der Waals surface area contributed by atoms with Crippen LogP contribution in [-0.4, -0.2) is 24.4 Å². The number of amides is 1. The maximum absolute atomic E-state index is 12.1. The van der Waals surface area contributed by atoms with Crippen LogP contribution >= 0.6 is 34.4 Å². The highest BCUT2D eigenvalue weighted by Crippen LogP contribution is 2.27. The number of hydrogen-bond acceptors (Lipinski definition) is 5. The highest BCUT2D eigenvalue weighted by Gasteiger charge is 2.24. The number of ether oxygens (including phenoxy) is 1. The Labute approximate surface area is 163 Å². The number of carbonyl (C=O) groups is 1. The number of rotatable bonds is 4. The average Bonchev–Trinajstić information content (AvgIpc) is 2.97. The first-order chi connectivity index (χ1) is 12.2. The van der Waals surface area contributed by atoms with Crippen molar-refractivity contribution in [1.82, 2.24) is 5.32 Å². The SMILES string of the molecule is COc1ccc(/C=N\N=C2/NC(=O)/C(=C/c3ccccc3I)S2)cc1. The number of hydrogen-bond donors (Lipinski definition) is 1. The Kier molecular flexibility index (Phi) is 5.87. The van der Waals surface area contributed by atoms with Crippen LogP contribution in [0.15, 0.2) is 63.6 Å². The van der Waals surface area contributed by atoms with Crippen molar-refractivity contribution in [3.8, 4) is 5.75 Å². The molecule has 0 unspecified atom stereocenters. The van der Waals surface area contributed by atoms with Crippen molar-refractivity contribution in [3.05, 3.63) is 68.1 Å². The summed E-state index contributed by atoms with van der Waals surface area (Å²) >= 11 is 3.52. The quantitative estimate of drug-likeness (QED) is 0.324. The second kappa shape index (κ2) is 8.30. The number of methoxy groups -OCH3 is 1. The molecule has 2 aromatic rings. The van der Waals surface area contributed by atoms with E-state index in [1.54, 1.807) is 13.3 Å². The minimum absolute atomic E-state index is 0.164. The van der Waals surface area contributed by atoms with Crippen molar-refractivity contribution in [2.75, 3.05) is 7.11 Å². The normalized spacial score (nSPS) is 17.4. The highest BCUT2D eigenvalue weighted by molar-refractivity contribution is 14.1. The van der Waals surface area contributed by atoms with E-state index < -0.39 is 0 Å². The molecule has 1 heterocycles. The zero-order valence-electron chi connectivity index (χ0n) is 13.3. The number of thioether (sulfide) groups is 1. The molecule has 0 radical (unpaired) electrons. The van der Waals surface area contributed by atoms with Gasteiger partial charge in [0.05, 0.1) is 18.2 Å². The van der Waals surface area contributed by atoms with Gasteiger partial charge in [0.2, 0.25) is 0 Å². The lowest BCUT2D eigenvalue weighted by Crippen LogP contribution is -2.19. The molecule has 126 valence electrons. The molecule has 3 rings (SSSR count). The van der Waals surface area contributed by atoms with Gasteiger partial charge in [-0.1, -0.05) is 18.2 Å². The Morgan fingerprint density at radius 1 is 1.16 bits per heavy atom. The fourth-order valence-electron chi connectivity index (χ4n) is 2.05. The van der Waals surface area contributed by atoms with E-state index in [9.17, 15) is 4.79 Å². The summed E-state index contributed by atoms with van der Waals surface area (Å²) in [5.74, 6) is 0.621. The maximum Gasteiger partial charge on any atom is 0.264 e. The van der Waals surface area contributed by atoms with E-state index in [1.807, 2.05) is 54.6 Å². The Hall–Kier alpha value is -2.13. The maximum atomic E-state index is 12.1. The molecular weight excluding hydrogens is 449 g/mol. The van der Waals surface area contributed by atoms with E-state index in [0.29, 0.717) is 10.1 Å². The Morgan fingerprint density at radius 2 is 1.92 bits per heavy atom. The smallest absolute Gasteiger partial charge is 0.264 e. The van der Waals surface area contributed by atoms with Gasteiger partial charge in [-0.15, -0.1) is 5.10 Å². The molecule has 1 aliphatic heterocycles. The lowest BCUT2D eigenvalue weighted by atomic mass is 10.2. The first kappa shape index (κ1) is 17.7. The van der Waals surface area contributed by atoms with Gasteiger partial charge in [-0.25, -0.2) is 0 Å². The second-order valence-corrected chi connectivity index (χ2v) is 7.20. The molecule has 0 spiro atoms. The van der Waals surface area contributed by atoms with Crippen molar-refractivity contribution in [3.63, 3.8) is 0 Å². The topological polar surface area (TPSA) is 63.1 Å². The average molecular weight is 463 g/mol. The van der Waals surface area contributed by atoms with Gasteiger partial charge in [0.15, 0.2) is 5.17 Å². The number of nitrogens with one attached hydrogen (secondary N) is 1. The summed E-state index contributed by atoms with van der Waals surface area (Å²) in [6, 6.07) is 15.3. The zero-order chi connectivity index (χ0) is 17.6. The predicted octanol–water partition coefficient (Wildman–Crippen LogP) is 3.89. The third-order valence-corrected chi connectivity index (χ3v) is 5.20. The molecule has 1 saturated heterocycles. The fraction of sp³-hybridized carbons (Fsp3) is 0.0556. The minimum atomic E-state index is -0.164. The molecule has 1 aliphatic rings. The summed E-state index contributed by atoms with van der Waals surface area (Å²) in [4.78, 5) is 12.7. The van der Waals surface area contributed by atoms with Gasteiger partial charge in [0, 0.05) is 3.57 Å². The van der Waals surface area contributed by atoms with E-state index in [-0.39, 0.29) is 5.91 Å². The summed E-state index contributed by atoms with van der Waals surface area (Å²) in [6.45, 7) is 0. The lowest BCUT2D eigenvalue weighted by Gasteiger charge is -1.98. The second-order valence-electron chi connectivity index (χ2n) is 5.01. The molecule has 0 saturated carbocycles. The van der Waals surface area contributed by atoms with Crippen molar-refractivity contribution >= 4 is 57.7 Å². The van der Waals surface area contributed by atoms with Gasteiger partial charge in [0.25, 0.3) is 5.91 Å². The van der Waals surface area contributed by atoms with Crippen LogP contribution < -0.4 is 10.1 Å². The van der Waals surface area contributed by atoms with Crippen LogP contribution in [0, 0.1) is 3.57 Å². The molecule has 1 N–H and O–H groups in total. The molecule has 0 aromatic heterocycles. The van der Waals surface area contributed by atoms with E-state index in [4.69, 9.17) is 4.74 Å². The van der Waals surface area contributed by atoms with Gasteiger partial charge in [-0.05, 0) is 81.9 Å². The first-order valence-corrected chi connectivity index (χ1v) is 9.26. The van der Waals surface area contributed by atoms with Crippen LogP contribution in [0.1, 0.15) is 11.1 Å². The molecule has 2 aromatic carbocycles. The van der Waals surface area contributed by atoms with Gasteiger partial charge >= 0.3 is 0 Å². The molecule has 1 amide bonds. The van der Waals surface area contributed by atoms with Crippen LogP contribution in [0.2, 0.25) is 0 Å². The van der Waals surface area contributed by atoms with E-state index in [0.717, 1.165) is 20.4 Å². The largest absolute Gasteiger partial charge is 0.497 e. The number of benzene rings is 2. The molecule has 0 aliphatic carbocycles. The number of halogens is 1. The van der Waals surface area contributed by atoms with E-state index in [2.05, 4.69) is 38.1 Å². The molecular formula is C18H14IN3O2S. The summed E-state index contributed by atoms with van der Waals surface area (Å²) < 4.78 is 6.19. The predicted molar refractivity (Wildman–Crippen MR) is 111 cm³/mol. The van der Waals surface area contributed by atoms with Gasteiger partial charge in [-0.3, -0.25) is 10.1 Å². The minimum Gasteiger partial charge on any atom is -0.497 e. The van der Waals surface area contributed by atoms with Crippen LogP contribution in [0.25, 0.3) is 6.08 Å². The number of nitrogens with zero attached hydrogens (tertiary/aromatic N) is 2. The van der Waals surface area contributed by atoms with Crippen LogP contribution in [0.4, 0.5) is 0 Å². The Balaban J connectivity index is 1.70. The van der Waals surface area contributed by atoms with Crippen LogP contribution in [0.5, 0.6) is 5.75 Å². The van der Waals surface area contributed by atoms with Gasteiger partial charge < -0.3 is 4.74 Å². The Bertz CT molecular complexity index is 876. The summed E-state index contributed by atoms with van der Waals surface area (Å²) in [6.07, 6.45) is 3.48. The van der Waals surface area contributed by atoms with Crippen molar-refractivity contribution in [2.24, 2.45) is 10.2 Å². The highest BCUT2D eigenvalue weighted by atomic mass is 127. The van der Waals surface area contributed by atoms with E-state index >= 15 is 0 Å².